The predicted octanol–water partition coefficient (Wildman–Crippen LogP) is 1.18. The Kier molecular flexibility index (Phi) is 5.33. The lowest BCUT2D eigenvalue weighted by Crippen LogP contribution is -1.98. The molecule has 0 aliphatic rings. The summed E-state index contributed by atoms with van der Waals surface area (Å²) in [6.07, 6.45) is 4.59. The van der Waals surface area contributed by atoms with Crippen LogP contribution in [-0.2, 0) is 0 Å². The van der Waals surface area contributed by atoms with Crippen LogP contribution < -0.4 is 5.32 Å². The average Bonchev–Trinajstić information content (AvgIpc) is 1.87. The van der Waals surface area contributed by atoms with E-state index >= 15 is 0 Å². The van der Waals surface area contributed by atoms with Gasteiger partial charge in [-0.3, -0.25) is 4.99 Å². The van der Waals surface area contributed by atoms with Crippen molar-refractivity contribution in [1.82, 2.24) is 5.32 Å². The Morgan fingerprint density at radius 3 is 2.70 bits per heavy atom. The predicted molar refractivity (Wildman–Crippen MR) is 45.5 cm³/mol. The SMILES string of the molecule is C=CNC=NC=NC(C)C. The van der Waals surface area contributed by atoms with Crippen molar-refractivity contribution < 1.29 is 0 Å². The van der Waals surface area contributed by atoms with Crippen molar-refractivity contribution >= 4 is 12.7 Å². The lowest BCUT2D eigenvalue weighted by atomic mass is 10.4. The molecule has 56 valence electrons. The first-order valence-corrected chi connectivity index (χ1v) is 3.17. The van der Waals surface area contributed by atoms with Crippen LogP contribution in [0.3, 0.4) is 0 Å². The maximum atomic E-state index is 4.00. The third-order valence-corrected chi connectivity index (χ3v) is 0.698. The number of nitrogens with zero attached hydrogens (tertiary/aromatic N) is 2. The van der Waals surface area contributed by atoms with Gasteiger partial charge >= 0.3 is 0 Å². The molecule has 0 saturated heterocycles. The van der Waals surface area contributed by atoms with E-state index in [1.165, 1.54) is 12.7 Å². The smallest absolute Gasteiger partial charge is 0.111 e. The van der Waals surface area contributed by atoms with Gasteiger partial charge in [0.15, 0.2) is 0 Å². The van der Waals surface area contributed by atoms with E-state index in [1.54, 1.807) is 6.20 Å². The molecule has 0 aliphatic carbocycles. The Bertz CT molecular complexity index is 136. The maximum absolute atomic E-state index is 4.00. The van der Waals surface area contributed by atoms with Crippen molar-refractivity contribution in [3.63, 3.8) is 0 Å². The summed E-state index contributed by atoms with van der Waals surface area (Å²) >= 11 is 0. The number of hydrogen-bond donors (Lipinski definition) is 1. The molecule has 1 N–H and O–H groups in total. The van der Waals surface area contributed by atoms with Gasteiger partial charge in [0.2, 0.25) is 0 Å². The standard InChI is InChI=1S/C7H13N3/c1-4-8-5-9-6-10-7(2)3/h4-7H,1H2,2-3H3,(H,8,9,10). The fraction of sp³-hybridized carbons (Fsp3) is 0.429. The van der Waals surface area contributed by atoms with Crippen LogP contribution in [0.4, 0.5) is 0 Å². The number of hydrogen-bond acceptors (Lipinski definition) is 1. The van der Waals surface area contributed by atoms with Crippen molar-refractivity contribution in [2.45, 2.75) is 19.9 Å². The largest absolute Gasteiger partial charge is 0.353 e. The Hall–Kier alpha value is -1.12. The van der Waals surface area contributed by atoms with E-state index in [9.17, 15) is 0 Å². The van der Waals surface area contributed by atoms with E-state index in [0.29, 0.717) is 6.04 Å². The van der Waals surface area contributed by atoms with E-state index in [4.69, 9.17) is 0 Å². The van der Waals surface area contributed by atoms with Crippen LogP contribution in [0.1, 0.15) is 13.8 Å². The number of aliphatic imine (C=N–C) groups is 2. The summed E-state index contributed by atoms with van der Waals surface area (Å²) in [6.45, 7) is 7.43. The average molecular weight is 139 g/mol. The number of rotatable bonds is 4. The summed E-state index contributed by atoms with van der Waals surface area (Å²) in [4.78, 5) is 7.80. The van der Waals surface area contributed by atoms with Crippen LogP contribution in [0.25, 0.3) is 0 Å². The quantitative estimate of drug-likeness (QED) is 0.461. The Balaban J connectivity index is 3.41. The summed E-state index contributed by atoms with van der Waals surface area (Å²) in [5, 5.41) is 2.70. The molecule has 0 aliphatic heterocycles. The number of nitrogens with one attached hydrogen (secondary N) is 1. The van der Waals surface area contributed by atoms with E-state index in [2.05, 4.69) is 21.9 Å². The van der Waals surface area contributed by atoms with Gasteiger partial charge in [0.05, 0.1) is 6.34 Å². The second kappa shape index (κ2) is 6.01. The highest BCUT2D eigenvalue weighted by Gasteiger charge is 1.79. The van der Waals surface area contributed by atoms with Gasteiger partial charge in [-0.25, -0.2) is 4.99 Å². The molecule has 0 aromatic rings. The fourth-order valence-electron chi connectivity index (χ4n) is 0.301. The zero-order chi connectivity index (χ0) is 7.82. The highest BCUT2D eigenvalue weighted by atomic mass is 14.9. The van der Waals surface area contributed by atoms with Crippen molar-refractivity contribution in [1.29, 1.82) is 0 Å². The van der Waals surface area contributed by atoms with E-state index in [1.807, 2.05) is 13.8 Å². The Morgan fingerprint density at radius 1 is 1.50 bits per heavy atom. The monoisotopic (exact) mass is 139 g/mol. The summed E-state index contributed by atoms with van der Waals surface area (Å²) in [5.41, 5.74) is 0. The first kappa shape index (κ1) is 8.88. The third kappa shape index (κ3) is 6.88. The van der Waals surface area contributed by atoms with E-state index < -0.39 is 0 Å². The van der Waals surface area contributed by atoms with Crippen LogP contribution >= 0.6 is 0 Å². The summed E-state index contributed by atoms with van der Waals surface area (Å²) in [5.74, 6) is 0. The molecule has 0 fully saturated rings. The molecule has 3 heteroatoms. The topological polar surface area (TPSA) is 36.8 Å². The van der Waals surface area contributed by atoms with Gasteiger partial charge in [-0.05, 0) is 20.0 Å². The summed E-state index contributed by atoms with van der Waals surface area (Å²) in [7, 11) is 0. The summed E-state index contributed by atoms with van der Waals surface area (Å²) in [6, 6.07) is 0.306. The molecule has 0 radical (unpaired) electrons. The van der Waals surface area contributed by atoms with Crippen LogP contribution in [0, 0.1) is 0 Å². The van der Waals surface area contributed by atoms with Gasteiger partial charge in [0.1, 0.15) is 6.34 Å². The second-order valence-electron chi connectivity index (χ2n) is 2.01. The van der Waals surface area contributed by atoms with Gasteiger partial charge in [-0.15, -0.1) is 0 Å². The lowest BCUT2D eigenvalue weighted by Gasteiger charge is -1.89. The van der Waals surface area contributed by atoms with Gasteiger partial charge in [0, 0.05) is 6.04 Å². The molecule has 0 aromatic heterocycles. The maximum Gasteiger partial charge on any atom is 0.111 e. The molecule has 3 nitrogen and oxygen atoms in total. The van der Waals surface area contributed by atoms with Crippen molar-refractivity contribution in [3.05, 3.63) is 12.8 Å². The van der Waals surface area contributed by atoms with E-state index in [0.717, 1.165) is 0 Å². The minimum atomic E-state index is 0.306. The molecule has 0 atom stereocenters. The molecule has 0 aromatic carbocycles. The molecule has 0 amide bonds. The van der Waals surface area contributed by atoms with Crippen LogP contribution in [0.15, 0.2) is 22.8 Å². The van der Waals surface area contributed by atoms with Gasteiger partial charge in [0.25, 0.3) is 0 Å². The van der Waals surface area contributed by atoms with Crippen LogP contribution in [0.2, 0.25) is 0 Å². The minimum Gasteiger partial charge on any atom is -0.353 e. The lowest BCUT2D eigenvalue weighted by molar-refractivity contribution is 0.839. The van der Waals surface area contributed by atoms with Gasteiger partial charge in [-0.1, -0.05) is 6.58 Å². The molecule has 10 heavy (non-hydrogen) atoms. The highest BCUT2D eigenvalue weighted by molar-refractivity contribution is 5.71. The zero-order valence-corrected chi connectivity index (χ0v) is 6.41. The Labute approximate surface area is 61.6 Å². The molecular formula is C7H13N3. The highest BCUT2D eigenvalue weighted by Crippen LogP contribution is 1.81. The van der Waals surface area contributed by atoms with Gasteiger partial charge in [-0.2, -0.15) is 0 Å². The zero-order valence-electron chi connectivity index (χ0n) is 6.41. The Morgan fingerprint density at radius 2 is 2.20 bits per heavy atom. The molecule has 0 saturated carbocycles. The summed E-state index contributed by atoms with van der Waals surface area (Å²) < 4.78 is 0. The fourth-order valence-corrected chi connectivity index (χ4v) is 0.301. The van der Waals surface area contributed by atoms with E-state index in [-0.39, 0.29) is 0 Å². The molecule has 0 unspecified atom stereocenters. The van der Waals surface area contributed by atoms with Crippen molar-refractivity contribution in [2.75, 3.05) is 0 Å². The van der Waals surface area contributed by atoms with Crippen LogP contribution in [0.5, 0.6) is 0 Å². The molecular weight excluding hydrogens is 126 g/mol. The van der Waals surface area contributed by atoms with Crippen molar-refractivity contribution in [2.24, 2.45) is 9.98 Å². The second-order valence-corrected chi connectivity index (χ2v) is 2.01. The molecule has 0 heterocycles. The molecule has 0 bridgehead atoms. The molecule has 0 spiro atoms. The van der Waals surface area contributed by atoms with Crippen LogP contribution in [-0.4, -0.2) is 18.7 Å². The normalized spacial score (nSPS) is 11.5. The van der Waals surface area contributed by atoms with Gasteiger partial charge < -0.3 is 5.32 Å². The first-order chi connectivity index (χ1) is 4.77. The molecule has 0 rings (SSSR count). The first-order valence-electron chi connectivity index (χ1n) is 3.17. The third-order valence-electron chi connectivity index (χ3n) is 0.698. The van der Waals surface area contributed by atoms with Crippen molar-refractivity contribution in [3.8, 4) is 0 Å². The minimum absolute atomic E-state index is 0.306.